The number of amides is 1. The van der Waals surface area contributed by atoms with E-state index in [1.807, 2.05) is 6.92 Å². The fraction of sp³-hybridized carbons (Fsp3) is 0.273. The lowest BCUT2D eigenvalue weighted by Gasteiger charge is -2.10. The van der Waals surface area contributed by atoms with Crippen LogP contribution in [-0.4, -0.2) is 19.5 Å². The molecular weight excluding hydrogens is 194 g/mol. The summed E-state index contributed by atoms with van der Waals surface area (Å²) in [5.41, 5.74) is 1.44. The number of nitrogens with one attached hydrogen (secondary N) is 1. The molecule has 1 N–H and O–H groups in total. The minimum Gasteiger partial charge on any atom is -0.465 e. The van der Waals surface area contributed by atoms with Gasteiger partial charge in [0.25, 0.3) is 0 Å². The highest BCUT2D eigenvalue weighted by Crippen LogP contribution is 2.13. The molecule has 0 aliphatic carbocycles. The highest BCUT2D eigenvalue weighted by molar-refractivity contribution is 5.89. The number of carbonyl (C=O) groups is 2. The van der Waals surface area contributed by atoms with E-state index in [4.69, 9.17) is 0 Å². The molecule has 0 bridgehead atoms. The van der Waals surface area contributed by atoms with Crippen molar-refractivity contribution in [3.63, 3.8) is 0 Å². The summed E-state index contributed by atoms with van der Waals surface area (Å²) >= 11 is 0. The van der Waals surface area contributed by atoms with Gasteiger partial charge in [-0.1, -0.05) is 12.1 Å². The van der Waals surface area contributed by atoms with Crippen molar-refractivity contribution >= 4 is 12.4 Å². The van der Waals surface area contributed by atoms with Crippen LogP contribution < -0.4 is 5.32 Å². The van der Waals surface area contributed by atoms with E-state index < -0.39 is 0 Å². The predicted molar refractivity (Wildman–Crippen MR) is 55.4 cm³/mol. The first kappa shape index (κ1) is 11.2. The molecule has 1 amide bonds. The fourth-order valence-corrected chi connectivity index (χ4v) is 1.22. The third-order valence-corrected chi connectivity index (χ3v) is 2.15. The zero-order chi connectivity index (χ0) is 11.3. The Morgan fingerprint density at radius 1 is 1.40 bits per heavy atom. The van der Waals surface area contributed by atoms with Crippen LogP contribution in [0.15, 0.2) is 24.3 Å². The van der Waals surface area contributed by atoms with Gasteiger partial charge in [0, 0.05) is 0 Å². The number of carbonyl (C=O) groups excluding carboxylic acids is 2. The first-order valence-electron chi connectivity index (χ1n) is 4.57. The fourth-order valence-electron chi connectivity index (χ4n) is 1.22. The van der Waals surface area contributed by atoms with Crippen molar-refractivity contribution in [1.82, 2.24) is 5.32 Å². The average molecular weight is 207 g/mol. The van der Waals surface area contributed by atoms with E-state index in [0.717, 1.165) is 5.56 Å². The lowest BCUT2D eigenvalue weighted by molar-refractivity contribution is -0.110. The third-order valence-electron chi connectivity index (χ3n) is 2.15. The second kappa shape index (κ2) is 5.14. The minimum absolute atomic E-state index is 0.0609. The van der Waals surface area contributed by atoms with Gasteiger partial charge in [-0.15, -0.1) is 0 Å². The lowest BCUT2D eigenvalue weighted by atomic mass is 10.1. The molecule has 1 aromatic rings. The molecule has 0 aliphatic rings. The van der Waals surface area contributed by atoms with Gasteiger partial charge in [-0.25, -0.2) is 4.79 Å². The van der Waals surface area contributed by atoms with Gasteiger partial charge >= 0.3 is 5.97 Å². The Kier molecular flexibility index (Phi) is 3.85. The van der Waals surface area contributed by atoms with Gasteiger partial charge in [0.2, 0.25) is 6.41 Å². The molecule has 0 aliphatic heterocycles. The zero-order valence-corrected chi connectivity index (χ0v) is 8.69. The molecule has 0 heterocycles. The summed E-state index contributed by atoms with van der Waals surface area (Å²) in [6.45, 7) is 1.86. The van der Waals surface area contributed by atoms with Crippen LogP contribution in [0.2, 0.25) is 0 Å². The number of esters is 1. The van der Waals surface area contributed by atoms with E-state index in [2.05, 4.69) is 10.1 Å². The van der Waals surface area contributed by atoms with Crippen LogP contribution in [0.1, 0.15) is 28.9 Å². The molecule has 4 nitrogen and oxygen atoms in total. The van der Waals surface area contributed by atoms with Crippen molar-refractivity contribution in [1.29, 1.82) is 0 Å². The lowest BCUT2D eigenvalue weighted by Crippen LogP contribution is -2.16. The van der Waals surface area contributed by atoms with Gasteiger partial charge in [0.15, 0.2) is 0 Å². The van der Waals surface area contributed by atoms with E-state index in [1.54, 1.807) is 24.3 Å². The van der Waals surface area contributed by atoms with E-state index in [9.17, 15) is 9.59 Å². The third kappa shape index (κ3) is 2.80. The summed E-state index contributed by atoms with van der Waals surface area (Å²) in [6, 6.07) is 6.85. The maximum Gasteiger partial charge on any atom is 0.337 e. The summed E-state index contributed by atoms with van der Waals surface area (Å²) in [7, 11) is 1.34. The standard InChI is InChI=1S/C11H13NO3/c1-8(12-7-13)9-3-5-10(6-4-9)11(14)15-2/h3-8H,1-2H3,(H,12,13)/t8-/m0/s1. The second-order valence-corrected chi connectivity index (χ2v) is 3.12. The molecule has 15 heavy (non-hydrogen) atoms. The monoisotopic (exact) mass is 207 g/mol. The van der Waals surface area contributed by atoms with Crippen LogP contribution in [0.3, 0.4) is 0 Å². The molecule has 0 aromatic heterocycles. The van der Waals surface area contributed by atoms with Gasteiger partial charge < -0.3 is 10.1 Å². The SMILES string of the molecule is COC(=O)c1ccc([C@H](C)NC=O)cc1. The quantitative estimate of drug-likeness (QED) is 0.597. The van der Waals surface area contributed by atoms with Crippen molar-refractivity contribution in [3.8, 4) is 0 Å². The molecule has 1 atom stereocenters. The van der Waals surface area contributed by atoms with Crippen molar-refractivity contribution in [3.05, 3.63) is 35.4 Å². The predicted octanol–water partition coefficient (Wildman–Crippen LogP) is 1.28. The number of hydrogen-bond acceptors (Lipinski definition) is 3. The van der Waals surface area contributed by atoms with Crippen LogP contribution >= 0.6 is 0 Å². The Hall–Kier alpha value is -1.84. The minimum atomic E-state index is -0.363. The normalized spacial score (nSPS) is 11.6. The van der Waals surface area contributed by atoms with E-state index in [-0.39, 0.29) is 12.0 Å². The summed E-state index contributed by atoms with van der Waals surface area (Å²) in [5, 5.41) is 2.63. The highest BCUT2D eigenvalue weighted by atomic mass is 16.5. The molecule has 0 unspecified atom stereocenters. The molecule has 80 valence electrons. The molecule has 0 spiro atoms. The summed E-state index contributed by atoms with van der Waals surface area (Å²) in [6.07, 6.45) is 0.652. The van der Waals surface area contributed by atoms with Gasteiger partial charge in [-0.3, -0.25) is 4.79 Å². The smallest absolute Gasteiger partial charge is 0.337 e. The first-order valence-corrected chi connectivity index (χ1v) is 4.57. The molecule has 0 fully saturated rings. The number of rotatable bonds is 4. The van der Waals surface area contributed by atoms with E-state index >= 15 is 0 Å². The zero-order valence-electron chi connectivity index (χ0n) is 8.69. The van der Waals surface area contributed by atoms with E-state index in [0.29, 0.717) is 12.0 Å². The Morgan fingerprint density at radius 2 is 2.00 bits per heavy atom. The van der Waals surface area contributed by atoms with Crippen molar-refractivity contribution < 1.29 is 14.3 Å². The van der Waals surface area contributed by atoms with Crippen molar-refractivity contribution in [2.45, 2.75) is 13.0 Å². The largest absolute Gasteiger partial charge is 0.465 e. The van der Waals surface area contributed by atoms with Crippen molar-refractivity contribution in [2.24, 2.45) is 0 Å². The topological polar surface area (TPSA) is 55.4 Å². The molecular formula is C11H13NO3. The van der Waals surface area contributed by atoms with Crippen LogP contribution in [0, 0.1) is 0 Å². The van der Waals surface area contributed by atoms with Gasteiger partial charge in [0.1, 0.15) is 0 Å². The van der Waals surface area contributed by atoms with Crippen LogP contribution in [-0.2, 0) is 9.53 Å². The first-order chi connectivity index (χ1) is 7.19. The number of ether oxygens (including phenoxy) is 1. The van der Waals surface area contributed by atoms with Crippen LogP contribution in [0.4, 0.5) is 0 Å². The Balaban J connectivity index is 2.80. The van der Waals surface area contributed by atoms with Gasteiger partial charge in [-0.2, -0.15) is 0 Å². The molecule has 0 radical (unpaired) electrons. The second-order valence-electron chi connectivity index (χ2n) is 3.12. The Bertz CT molecular complexity index is 345. The maximum absolute atomic E-state index is 11.1. The molecule has 4 heteroatoms. The number of hydrogen-bond donors (Lipinski definition) is 1. The number of benzene rings is 1. The molecule has 0 saturated carbocycles. The molecule has 1 aromatic carbocycles. The summed E-state index contributed by atoms with van der Waals surface area (Å²) in [4.78, 5) is 21.4. The van der Waals surface area contributed by atoms with Crippen LogP contribution in [0.25, 0.3) is 0 Å². The summed E-state index contributed by atoms with van der Waals surface area (Å²) in [5.74, 6) is -0.363. The maximum atomic E-state index is 11.1. The highest BCUT2D eigenvalue weighted by Gasteiger charge is 2.07. The summed E-state index contributed by atoms with van der Waals surface area (Å²) < 4.78 is 4.57. The number of methoxy groups -OCH3 is 1. The van der Waals surface area contributed by atoms with Crippen molar-refractivity contribution in [2.75, 3.05) is 7.11 Å². The van der Waals surface area contributed by atoms with Gasteiger partial charge in [0.05, 0.1) is 18.7 Å². The Labute approximate surface area is 88.2 Å². The average Bonchev–Trinajstić information content (AvgIpc) is 2.28. The molecule has 1 rings (SSSR count). The van der Waals surface area contributed by atoms with Gasteiger partial charge in [-0.05, 0) is 24.6 Å². The Morgan fingerprint density at radius 3 is 2.47 bits per heavy atom. The molecule has 0 saturated heterocycles. The van der Waals surface area contributed by atoms with E-state index in [1.165, 1.54) is 7.11 Å². The van der Waals surface area contributed by atoms with Crippen LogP contribution in [0.5, 0.6) is 0 Å².